The number of rotatable bonds is 1. The maximum Gasteiger partial charge on any atom is 0.178 e. The molecule has 0 atom stereocenters. The highest BCUT2D eigenvalue weighted by atomic mass is 32.1. The Bertz CT molecular complexity index is 179. The summed E-state index contributed by atoms with van der Waals surface area (Å²) >= 11 is 4.78. The smallest absolute Gasteiger partial charge is 0.178 e. The third kappa shape index (κ3) is 2.95. The molecule has 4 heteroatoms. The molecule has 0 aromatic rings. The summed E-state index contributed by atoms with van der Waals surface area (Å²) in [5.74, 6) is 0. The number of thiocarbonyl (C=S) groups is 1. The van der Waals surface area contributed by atoms with Crippen LogP contribution < -0.4 is 11.2 Å². The maximum absolute atomic E-state index is 5.39. The Morgan fingerprint density at radius 2 is 2.25 bits per heavy atom. The van der Waals surface area contributed by atoms with Gasteiger partial charge in [0.15, 0.2) is 5.11 Å². The van der Waals surface area contributed by atoms with Crippen molar-refractivity contribution in [1.82, 2.24) is 10.4 Å². The van der Waals surface area contributed by atoms with Crippen molar-refractivity contribution < 1.29 is 0 Å². The first-order valence-electron chi connectivity index (χ1n) is 4.31. The molecule has 1 rings (SSSR count). The molecule has 1 aliphatic heterocycles. The first-order chi connectivity index (χ1) is 5.49. The van der Waals surface area contributed by atoms with Gasteiger partial charge in [0.2, 0.25) is 0 Å². The summed E-state index contributed by atoms with van der Waals surface area (Å²) < 4.78 is 0. The molecule has 1 heterocycles. The zero-order chi connectivity index (χ0) is 9.19. The topological polar surface area (TPSA) is 41.3 Å². The van der Waals surface area contributed by atoms with Crippen molar-refractivity contribution in [2.24, 2.45) is 11.1 Å². The molecule has 0 bridgehead atoms. The lowest BCUT2D eigenvalue weighted by atomic mass is 9.85. The Morgan fingerprint density at radius 1 is 1.58 bits per heavy atom. The van der Waals surface area contributed by atoms with Gasteiger partial charge in [0.05, 0.1) is 0 Å². The number of nitrogens with zero attached hydrogens (tertiary/aromatic N) is 1. The fourth-order valence-corrected chi connectivity index (χ4v) is 1.80. The van der Waals surface area contributed by atoms with E-state index in [1.165, 1.54) is 12.8 Å². The summed E-state index contributed by atoms with van der Waals surface area (Å²) in [6, 6.07) is 0. The van der Waals surface area contributed by atoms with Crippen LogP contribution in [-0.4, -0.2) is 23.2 Å². The summed E-state index contributed by atoms with van der Waals surface area (Å²) in [5.41, 5.74) is 8.76. The minimum Gasteiger partial charge on any atom is -0.375 e. The second-order valence-electron chi connectivity index (χ2n) is 4.17. The summed E-state index contributed by atoms with van der Waals surface area (Å²) in [4.78, 5) is 0. The van der Waals surface area contributed by atoms with E-state index in [0.29, 0.717) is 10.5 Å². The highest BCUT2D eigenvalue weighted by molar-refractivity contribution is 7.80. The van der Waals surface area contributed by atoms with E-state index < -0.39 is 0 Å². The number of nitrogens with two attached hydrogens (primary N) is 1. The molecule has 0 saturated carbocycles. The van der Waals surface area contributed by atoms with Crippen LogP contribution in [0.3, 0.4) is 0 Å². The lowest BCUT2D eigenvalue weighted by molar-refractivity contribution is 0.0953. The molecule has 1 aliphatic rings. The molecule has 0 aromatic heterocycles. The van der Waals surface area contributed by atoms with Crippen molar-refractivity contribution in [2.75, 3.05) is 13.1 Å². The van der Waals surface area contributed by atoms with Crippen LogP contribution in [0.15, 0.2) is 0 Å². The molecule has 12 heavy (non-hydrogen) atoms. The van der Waals surface area contributed by atoms with E-state index in [-0.39, 0.29) is 0 Å². The van der Waals surface area contributed by atoms with Crippen LogP contribution in [0, 0.1) is 5.41 Å². The van der Waals surface area contributed by atoms with E-state index in [4.69, 9.17) is 18.0 Å². The quantitative estimate of drug-likeness (QED) is 0.597. The van der Waals surface area contributed by atoms with Gasteiger partial charge in [0.25, 0.3) is 0 Å². The molecule has 70 valence electrons. The van der Waals surface area contributed by atoms with Crippen LogP contribution in [0.25, 0.3) is 0 Å². The van der Waals surface area contributed by atoms with Crippen molar-refractivity contribution in [1.29, 1.82) is 0 Å². The Labute approximate surface area is 79.3 Å². The third-order valence-electron chi connectivity index (χ3n) is 2.17. The highest BCUT2D eigenvalue weighted by Crippen LogP contribution is 2.27. The van der Waals surface area contributed by atoms with Crippen LogP contribution >= 0.6 is 12.2 Å². The zero-order valence-corrected chi connectivity index (χ0v) is 8.58. The molecule has 1 saturated heterocycles. The number of piperidine rings is 1. The normalized spacial score (nSPS) is 23.5. The molecule has 1 fully saturated rings. The predicted molar refractivity (Wildman–Crippen MR) is 54.5 cm³/mol. The largest absolute Gasteiger partial charge is 0.375 e. The second-order valence-corrected chi connectivity index (χ2v) is 4.61. The van der Waals surface area contributed by atoms with Crippen molar-refractivity contribution in [2.45, 2.75) is 26.7 Å². The lowest BCUT2D eigenvalue weighted by Gasteiger charge is -2.37. The molecule has 0 aromatic carbocycles. The van der Waals surface area contributed by atoms with E-state index in [1.54, 1.807) is 0 Å². The fraction of sp³-hybridized carbons (Fsp3) is 0.875. The van der Waals surface area contributed by atoms with E-state index in [9.17, 15) is 0 Å². The van der Waals surface area contributed by atoms with Crippen molar-refractivity contribution in [3.05, 3.63) is 0 Å². The molecule has 3 N–H and O–H groups in total. The van der Waals surface area contributed by atoms with E-state index in [1.807, 2.05) is 0 Å². The van der Waals surface area contributed by atoms with Crippen LogP contribution in [0.2, 0.25) is 0 Å². The number of hydrazine groups is 1. The minimum atomic E-state index is 0.368. The fourth-order valence-electron chi connectivity index (χ4n) is 1.67. The molecular formula is C8H17N3S. The Morgan fingerprint density at radius 3 is 2.75 bits per heavy atom. The Balaban J connectivity index is 2.41. The molecule has 3 nitrogen and oxygen atoms in total. The monoisotopic (exact) mass is 187 g/mol. The zero-order valence-electron chi connectivity index (χ0n) is 7.76. The standard InChI is InChI=1S/C8H17N3S/c1-8(2)4-3-5-11(6-8)10-7(9)12/h3-6H2,1-2H3,(H3,9,10,12). The molecule has 0 radical (unpaired) electrons. The van der Waals surface area contributed by atoms with Crippen molar-refractivity contribution in [3.63, 3.8) is 0 Å². The summed E-state index contributed by atoms with van der Waals surface area (Å²) in [6.45, 7) is 6.59. The van der Waals surface area contributed by atoms with Gasteiger partial charge in [-0.25, -0.2) is 5.01 Å². The molecule has 0 spiro atoms. The number of hydrogen-bond donors (Lipinski definition) is 2. The SMILES string of the molecule is CC1(C)CCCN(NC(N)=S)C1. The molecule has 0 aliphatic carbocycles. The number of hydrogen-bond acceptors (Lipinski definition) is 2. The van der Waals surface area contributed by atoms with Gasteiger partial charge in [-0.15, -0.1) is 0 Å². The summed E-state index contributed by atoms with van der Waals surface area (Å²) in [5, 5.41) is 2.47. The Hall–Kier alpha value is -0.350. The minimum absolute atomic E-state index is 0.368. The molecule has 0 unspecified atom stereocenters. The van der Waals surface area contributed by atoms with Crippen molar-refractivity contribution in [3.8, 4) is 0 Å². The average molecular weight is 187 g/mol. The summed E-state index contributed by atoms with van der Waals surface area (Å²) in [6.07, 6.45) is 2.49. The second kappa shape index (κ2) is 3.58. The van der Waals surface area contributed by atoms with Gasteiger partial charge in [0, 0.05) is 13.1 Å². The first kappa shape index (κ1) is 9.74. The first-order valence-corrected chi connectivity index (χ1v) is 4.71. The van der Waals surface area contributed by atoms with Gasteiger partial charge in [-0.3, -0.25) is 5.43 Å². The van der Waals surface area contributed by atoms with Crippen molar-refractivity contribution >= 4 is 17.3 Å². The van der Waals surface area contributed by atoms with Crippen LogP contribution in [0.4, 0.5) is 0 Å². The van der Waals surface area contributed by atoms with Gasteiger partial charge < -0.3 is 5.73 Å². The Kier molecular flexibility index (Phi) is 2.90. The predicted octanol–water partition coefficient (Wildman–Crippen LogP) is 0.857. The van der Waals surface area contributed by atoms with Gasteiger partial charge in [-0.2, -0.15) is 0 Å². The number of nitrogens with one attached hydrogen (secondary N) is 1. The average Bonchev–Trinajstić information content (AvgIpc) is 1.82. The molecule has 0 amide bonds. The van der Waals surface area contributed by atoms with E-state index >= 15 is 0 Å². The highest BCUT2D eigenvalue weighted by Gasteiger charge is 2.26. The third-order valence-corrected chi connectivity index (χ3v) is 2.26. The lowest BCUT2D eigenvalue weighted by Crippen LogP contribution is -2.51. The van der Waals surface area contributed by atoms with Gasteiger partial charge >= 0.3 is 0 Å². The van der Waals surface area contributed by atoms with Gasteiger partial charge in [0.1, 0.15) is 0 Å². The van der Waals surface area contributed by atoms with E-state index in [2.05, 4.69) is 24.3 Å². The van der Waals surface area contributed by atoms with Crippen LogP contribution in [0.1, 0.15) is 26.7 Å². The van der Waals surface area contributed by atoms with Crippen LogP contribution in [0.5, 0.6) is 0 Å². The maximum atomic E-state index is 5.39. The van der Waals surface area contributed by atoms with E-state index in [0.717, 1.165) is 13.1 Å². The van der Waals surface area contributed by atoms with Gasteiger partial charge in [-0.05, 0) is 30.5 Å². The van der Waals surface area contributed by atoms with Crippen LogP contribution in [-0.2, 0) is 0 Å². The summed E-state index contributed by atoms with van der Waals surface area (Å²) in [7, 11) is 0. The van der Waals surface area contributed by atoms with Gasteiger partial charge in [-0.1, -0.05) is 13.8 Å². The molecular weight excluding hydrogens is 170 g/mol.